The highest BCUT2D eigenvalue weighted by Gasteiger charge is 2.32. The van der Waals surface area contributed by atoms with E-state index in [0.717, 1.165) is 18.2 Å². The fourth-order valence-corrected chi connectivity index (χ4v) is 0.532. The summed E-state index contributed by atoms with van der Waals surface area (Å²) < 4.78 is 35.5. The van der Waals surface area contributed by atoms with Gasteiger partial charge >= 0.3 is 6.18 Å². The van der Waals surface area contributed by atoms with Gasteiger partial charge in [-0.3, -0.25) is 0 Å². The van der Waals surface area contributed by atoms with Gasteiger partial charge in [-0.25, -0.2) is 9.97 Å². The Hall–Kier alpha value is -1.33. The maximum atomic E-state index is 11.8. The molecule has 0 radical (unpaired) electrons. The Morgan fingerprint density at radius 3 is 2.12 bits per heavy atom. The largest absolute Gasteiger partial charge is 0.433 e. The van der Waals surface area contributed by atoms with Gasteiger partial charge in [0.15, 0.2) is 0 Å². The zero-order chi connectivity index (χ0) is 12.8. The summed E-state index contributed by atoms with van der Waals surface area (Å²) in [6.07, 6.45) is -2.18. The number of anilines is 1. The SMILES string of the molecule is CCC(C)C.Nc1nccc(C(F)(F)F)n1. The van der Waals surface area contributed by atoms with E-state index >= 15 is 0 Å². The number of nitrogens with two attached hydrogens (primary N) is 1. The fourth-order valence-electron chi connectivity index (χ4n) is 0.532. The Labute approximate surface area is 92.9 Å². The van der Waals surface area contributed by atoms with Crippen molar-refractivity contribution in [3.05, 3.63) is 18.0 Å². The predicted octanol–water partition coefficient (Wildman–Crippen LogP) is 3.13. The minimum atomic E-state index is -4.45. The van der Waals surface area contributed by atoms with Crippen molar-refractivity contribution in [2.24, 2.45) is 5.92 Å². The second-order valence-corrected chi connectivity index (χ2v) is 3.60. The maximum absolute atomic E-state index is 11.8. The van der Waals surface area contributed by atoms with E-state index in [4.69, 9.17) is 5.73 Å². The zero-order valence-electron chi connectivity index (χ0n) is 9.54. The molecule has 6 heteroatoms. The van der Waals surface area contributed by atoms with Crippen molar-refractivity contribution in [2.45, 2.75) is 33.4 Å². The number of hydrogen-bond acceptors (Lipinski definition) is 3. The normalized spacial score (nSPS) is 10.9. The highest BCUT2D eigenvalue weighted by atomic mass is 19.4. The van der Waals surface area contributed by atoms with E-state index in [0.29, 0.717) is 0 Å². The lowest BCUT2D eigenvalue weighted by Gasteiger charge is -2.03. The van der Waals surface area contributed by atoms with Gasteiger partial charge in [0.1, 0.15) is 5.69 Å². The third-order valence-corrected chi connectivity index (χ3v) is 1.78. The van der Waals surface area contributed by atoms with Crippen molar-refractivity contribution in [3.8, 4) is 0 Å². The van der Waals surface area contributed by atoms with Crippen LogP contribution in [0.25, 0.3) is 0 Å². The first kappa shape index (κ1) is 14.7. The molecule has 0 atom stereocenters. The molecule has 0 aliphatic carbocycles. The Bertz CT molecular complexity index is 310. The molecule has 0 saturated carbocycles. The van der Waals surface area contributed by atoms with Gasteiger partial charge < -0.3 is 5.73 Å². The highest BCUT2D eigenvalue weighted by molar-refractivity contribution is 5.18. The monoisotopic (exact) mass is 235 g/mol. The number of alkyl halides is 3. The molecule has 1 rings (SSSR count). The number of nitrogen functional groups attached to an aromatic ring is 1. The molecule has 1 heterocycles. The Balaban J connectivity index is 0.000000385. The molecule has 3 nitrogen and oxygen atoms in total. The first-order valence-corrected chi connectivity index (χ1v) is 4.93. The third kappa shape index (κ3) is 6.21. The quantitative estimate of drug-likeness (QED) is 0.813. The Kier molecular flexibility index (Phi) is 5.77. The summed E-state index contributed by atoms with van der Waals surface area (Å²) in [7, 11) is 0. The van der Waals surface area contributed by atoms with Crippen LogP contribution in [0.3, 0.4) is 0 Å². The smallest absolute Gasteiger partial charge is 0.368 e. The molecule has 1 aromatic heterocycles. The van der Waals surface area contributed by atoms with Crippen LogP contribution in [0.4, 0.5) is 19.1 Å². The summed E-state index contributed by atoms with van der Waals surface area (Å²) in [5, 5.41) is 0. The average molecular weight is 235 g/mol. The molecular weight excluding hydrogens is 219 g/mol. The van der Waals surface area contributed by atoms with Crippen LogP contribution in [0.2, 0.25) is 0 Å². The molecule has 0 amide bonds. The average Bonchev–Trinajstić information content (AvgIpc) is 2.17. The summed E-state index contributed by atoms with van der Waals surface area (Å²) in [4.78, 5) is 6.31. The molecule has 0 aromatic carbocycles. The number of rotatable bonds is 1. The zero-order valence-corrected chi connectivity index (χ0v) is 9.54. The van der Waals surface area contributed by atoms with Gasteiger partial charge in [-0.15, -0.1) is 0 Å². The molecule has 1 aromatic rings. The van der Waals surface area contributed by atoms with Gasteiger partial charge in [0.2, 0.25) is 5.95 Å². The topological polar surface area (TPSA) is 51.8 Å². The van der Waals surface area contributed by atoms with Crippen molar-refractivity contribution >= 4 is 5.95 Å². The van der Waals surface area contributed by atoms with Crippen LogP contribution in [0.15, 0.2) is 12.3 Å². The van der Waals surface area contributed by atoms with Crippen LogP contribution in [0, 0.1) is 5.92 Å². The van der Waals surface area contributed by atoms with Crippen LogP contribution >= 0.6 is 0 Å². The first-order valence-electron chi connectivity index (χ1n) is 4.93. The molecule has 0 fully saturated rings. The van der Waals surface area contributed by atoms with Crippen LogP contribution in [-0.2, 0) is 6.18 Å². The maximum Gasteiger partial charge on any atom is 0.433 e. The summed E-state index contributed by atoms with van der Waals surface area (Å²) in [5.74, 6) is 0.509. The Morgan fingerprint density at radius 1 is 1.38 bits per heavy atom. The molecule has 0 saturated heterocycles. The van der Waals surface area contributed by atoms with E-state index in [-0.39, 0.29) is 5.95 Å². The summed E-state index contributed by atoms with van der Waals surface area (Å²) >= 11 is 0. The molecule has 0 aliphatic heterocycles. The van der Waals surface area contributed by atoms with Gasteiger partial charge in [-0.2, -0.15) is 13.2 Å². The van der Waals surface area contributed by atoms with E-state index in [1.165, 1.54) is 6.42 Å². The van der Waals surface area contributed by atoms with Gasteiger partial charge in [0, 0.05) is 6.20 Å². The second kappa shape index (κ2) is 6.30. The molecule has 16 heavy (non-hydrogen) atoms. The fraction of sp³-hybridized carbons (Fsp3) is 0.600. The van der Waals surface area contributed by atoms with Gasteiger partial charge in [0.05, 0.1) is 0 Å². The molecule has 0 unspecified atom stereocenters. The standard InChI is InChI=1S/C5H4F3N3.C5H12/c6-5(7,8)3-1-2-10-4(9)11-3;1-4-5(2)3/h1-2H,(H2,9,10,11);5H,4H2,1-3H3. The number of hydrogen-bond donors (Lipinski definition) is 1. The van der Waals surface area contributed by atoms with Crippen molar-refractivity contribution in [1.29, 1.82) is 0 Å². The molecule has 0 spiro atoms. The molecule has 0 aliphatic rings. The molecule has 2 N–H and O–H groups in total. The third-order valence-electron chi connectivity index (χ3n) is 1.78. The summed E-state index contributed by atoms with van der Waals surface area (Å²) in [6, 6.07) is 0.760. The van der Waals surface area contributed by atoms with Crippen molar-refractivity contribution in [1.82, 2.24) is 9.97 Å². The second-order valence-electron chi connectivity index (χ2n) is 3.60. The van der Waals surface area contributed by atoms with Crippen LogP contribution in [-0.4, -0.2) is 9.97 Å². The van der Waals surface area contributed by atoms with E-state index in [2.05, 4.69) is 30.7 Å². The minimum Gasteiger partial charge on any atom is -0.368 e. The minimum absolute atomic E-state index is 0.375. The van der Waals surface area contributed by atoms with E-state index < -0.39 is 11.9 Å². The number of halogens is 3. The lowest BCUT2D eigenvalue weighted by atomic mass is 10.2. The number of aromatic nitrogens is 2. The number of nitrogens with zero attached hydrogens (tertiary/aromatic N) is 2. The van der Waals surface area contributed by atoms with E-state index in [9.17, 15) is 13.2 Å². The summed E-state index contributed by atoms with van der Waals surface area (Å²) in [6.45, 7) is 6.64. The van der Waals surface area contributed by atoms with Crippen LogP contribution in [0.5, 0.6) is 0 Å². The van der Waals surface area contributed by atoms with E-state index in [1.807, 2.05) is 0 Å². The first-order chi connectivity index (χ1) is 7.27. The predicted molar refractivity (Wildman–Crippen MR) is 56.6 cm³/mol. The lowest BCUT2D eigenvalue weighted by molar-refractivity contribution is -0.141. The molecule has 92 valence electrons. The molecular formula is C10H16F3N3. The van der Waals surface area contributed by atoms with Gasteiger partial charge in [-0.1, -0.05) is 27.2 Å². The van der Waals surface area contributed by atoms with Crippen molar-refractivity contribution in [2.75, 3.05) is 5.73 Å². The lowest BCUT2D eigenvalue weighted by Crippen LogP contribution is -2.09. The van der Waals surface area contributed by atoms with Crippen LogP contribution in [0.1, 0.15) is 32.9 Å². The highest BCUT2D eigenvalue weighted by Crippen LogP contribution is 2.26. The van der Waals surface area contributed by atoms with E-state index in [1.54, 1.807) is 0 Å². The van der Waals surface area contributed by atoms with Crippen molar-refractivity contribution in [3.63, 3.8) is 0 Å². The van der Waals surface area contributed by atoms with Crippen molar-refractivity contribution < 1.29 is 13.2 Å². The molecule has 0 bridgehead atoms. The van der Waals surface area contributed by atoms with Gasteiger partial charge in [0.25, 0.3) is 0 Å². The Morgan fingerprint density at radius 2 is 1.88 bits per heavy atom. The van der Waals surface area contributed by atoms with Gasteiger partial charge in [-0.05, 0) is 12.0 Å². The van der Waals surface area contributed by atoms with Crippen LogP contribution < -0.4 is 5.73 Å². The summed E-state index contributed by atoms with van der Waals surface area (Å²) in [5.41, 5.74) is 3.91.